The van der Waals surface area contributed by atoms with E-state index in [0.717, 1.165) is 0 Å². The summed E-state index contributed by atoms with van der Waals surface area (Å²) in [7, 11) is -0.706. The summed E-state index contributed by atoms with van der Waals surface area (Å²) in [5.74, 6) is 0.724. The van der Waals surface area contributed by atoms with Crippen molar-refractivity contribution in [3.63, 3.8) is 0 Å². The summed E-state index contributed by atoms with van der Waals surface area (Å²) in [4.78, 5) is 0.0990. The van der Waals surface area contributed by atoms with E-state index in [0.29, 0.717) is 36.5 Å². The number of nitrogens with zero attached hydrogens (tertiary/aromatic N) is 1. The Hall–Kier alpha value is -0.830. The molecule has 2 rings (SSSR count). The predicted octanol–water partition coefficient (Wildman–Crippen LogP) is 1.49. The minimum absolute atomic E-state index is 0.0990. The lowest BCUT2D eigenvalue weighted by atomic mass is 10.3. The van der Waals surface area contributed by atoms with E-state index in [1.807, 2.05) is 0 Å². The van der Waals surface area contributed by atoms with Gasteiger partial charge in [0.1, 0.15) is 16.4 Å². The lowest BCUT2D eigenvalue weighted by molar-refractivity contribution is 0.0729. The normalized spacial score (nSPS) is 16.9. The fraction of sp³-hybridized carbons (Fsp3) is 0.500. The molecule has 0 amide bonds. The number of hydrogen-bond acceptors (Lipinski definition) is 5. The van der Waals surface area contributed by atoms with Crippen molar-refractivity contribution in [1.82, 2.24) is 4.31 Å². The minimum Gasteiger partial charge on any atom is -0.496 e. The molecule has 0 N–H and O–H groups in total. The van der Waals surface area contributed by atoms with Gasteiger partial charge in [-0.3, -0.25) is 0 Å². The van der Waals surface area contributed by atoms with E-state index in [-0.39, 0.29) is 10.6 Å². The second-order valence-corrected chi connectivity index (χ2v) is 6.91. The molecular weight excluding hydrogens is 350 g/mol. The molecule has 1 aliphatic rings. The fourth-order valence-corrected chi connectivity index (χ4v) is 4.00. The van der Waals surface area contributed by atoms with Crippen molar-refractivity contribution in [2.24, 2.45) is 0 Å². The van der Waals surface area contributed by atoms with Crippen LogP contribution in [0.3, 0.4) is 0 Å². The Morgan fingerprint density at radius 3 is 2.30 bits per heavy atom. The van der Waals surface area contributed by atoms with E-state index in [4.69, 9.17) is 14.2 Å². The van der Waals surface area contributed by atoms with Crippen LogP contribution in [-0.4, -0.2) is 53.2 Å². The lowest BCUT2D eigenvalue weighted by Crippen LogP contribution is -2.40. The van der Waals surface area contributed by atoms with Crippen LogP contribution in [0, 0.1) is 0 Å². The fourth-order valence-electron chi connectivity index (χ4n) is 1.96. The highest BCUT2D eigenvalue weighted by Gasteiger charge is 2.30. The maximum atomic E-state index is 12.7. The smallest absolute Gasteiger partial charge is 0.247 e. The first-order chi connectivity index (χ1) is 9.50. The molecule has 0 bridgehead atoms. The molecule has 6 nitrogen and oxygen atoms in total. The molecule has 1 heterocycles. The van der Waals surface area contributed by atoms with Gasteiger partial charge in [0.05, 0.1) is 31.9 Å². The molecule has 0 aromatic heterocycles. The maximum Gasteiger partial charge on any atom is 0.247 e. The third-order valence-electron chi connectivity index (χ3n) is 3.03. The zero-order chi connectivity index (χ0) is 14.8. The molecule has 0 saturated carbocycles. The van der Waals surface area contributed by atoms with E-state index in [1.165, 1.54) is 24.6 Å². The number of halogens is 1. The van der Waals surface area contributed by atoms with Crippen LogP contribution in [0.15, 0.2) is 21.5 Å². The monoisotopic (exact) mass is 365 g/mol. The summed E-state index contributed by atoms with van der Waals surface area (Å²) in [6.07, 6.45) is 0. The Morgan fingerprint density at radius 2 is 1.75 bits per heavy atom. The van der Waals surface area contributed by atoms with Crippen molar-refractivity contribution in [2.75, 3.05) is 40.5 Å². The molecule has 0 unspecified atom stereocenters. The zero-order valence-electron chi connectivity index (χ0n) is 11.3. The number of morpholine rings is 1. The van der Waals surface area contributed by atoms with Gasteiger partial charge in [0.2, 0.25) is 10.0 Å². The molecule has 8 heteroatoms. The van der Waals surface area contributed by atoms with Gasteiger partial charge in [0, 0.05) is 19.2 Å². The van der Waals surface area contributed by atoms with Crippen molar-refractivity contribution in [3.05, 3.63) is 16.6 Å². The van der Waals surface area contributed by atoms with Crippen LogP contribution < -0.4 is 9.47 Å². The summed E-state index contributed by atoms with van der Waals surface area (Å²) in [6.45, 7) is 1.47. The van der Waals surface area contributed by atoms with E-state index in [1.54, 1.807) is 6.07 Å². The second kappa shape index (κ2) is 6.30. The van der Waals surface area contributed by atoms with E-state index in [2.05, 4.69) is 15.9 Å². The van der Waals surface area contributed by atoms with Crippen molar-refractivity contribution in [1.29, 1.82) is 0 Å². The highest BCUT2D eigenvalue weighted by atomic mass is 79.9. The van der Waals surface area contributed by atoms with Gasteiger partial charge in [-0.1, -0.05) is 0 Å². The van der Waals surface area contributed by atoms with Gasteiger partial charge in [-0.25, -0.2) is 8.42 Å². The molecule has 1 aromatic rings. The number of hydrogen-bond donors (Lipinski definition) is 0. The molecule has 1 aromatic carbocycles. The number of rotatable bonds is 4. The first kappa shape index (κ1) is 15.6. The number of ether oxygens (including phenoxy) is 3. The third kappa shape index (κ3) is 2.93. The number of sulfonamides is 1. The average Bonchev–Trinajstić information content (AvgIpc) is 2.47. The van der Waals surface area contributed by atoms with Gasteiger partial charge in [-0.15, -0.1) is 0 Å². The second-order valence-electron chi connectivity index (χ2n) is 4.15. The van der Waals surface area contributed by atoms with Gasteiger partial charge in [-0.05, 0) is 22.0 Å². The molecule has 1 fully saturated rings. The van der Waals surface area contributed by atoms with E-state index < -0.39 is 10.0 Å². The Balaban J connectivity index is 2.49. The highest BCUT2D eigenvalue weighted by Crippen LogP contribution is 2.36. The Bertz CT molecular complexity index is 584. The van der Waals surface area contributed by atoms with E-state index in [9.17, 15) is 8.42 Å². The van der Waals surface area contributed by atoms with Crippen LogP contribution in [0.1, 0.15) is 0 Å². The standard InChI is InChI=1S/C12H16BrNO5S/c1-17-10-8-12(11(18-2)7-9(10)13)20(15,16)14-3-5-19-6-4-14/h7-8H,3-6H2,1-2H3. The summed E-state index contributed by atoms with van der Waals surface area (Å²) in [5.41, 5.74) is 0. The van der Waals surface area contributed by atoms with Crippen LogP contribution in [-0.2, 0) is 14.8 Å². The third-order valence-corrected chi connectivity index (χ3v) is 5.57. The van der Waals surface area contributed by atoms with Crippen LogP contribution in [0.25, 0.3) is 0 Å². The molecule has 20 heavy (non-hydrogen) atoms. The van der Waals surface area contributed by atoms with Crippen LogP contribution in [0.5, 0.6) is 11.5 Å². The largest absolute Gasteiger partial charge is 0.496 e. The molecule has 0 atom stereocenters. The Kier molecular flexibility index (Phi) is 4.90. The van der Waals surface area contributed by atoms with Gasteiger partial charge in [0.25, 0.3) is 0 Å². The van der Waals surface area contributed by atoms with Gasteiger partial charge in [-0.2, -0.15) is 4.31 Å². The summed E-state index contributed by atoms with van der Waals surface area (Å²) < 4.78 is 42.9. The van der Waals surface area contributed by atoms with Crippen LogP contribution >= 0.6 is 15.9 Å². The summed E-state index contributed by atoms with van der Waals surface area (Å²) in [6, 6.07) is 3.06. The Morgan fingerprint density at radius 1 is 1.15 bits per heavy atom. The van der Waals surface area contributed by atoms with Crippen LogP contribution in [0.4, 0.5) is 0 Å². The lowest BCUT2D eigenvalue weighted by Gasteiger charge is -2.26. The predicted molar refractivity (Wildman–Crippen MR) is 76.8 cm³/mol. The molecule has 0 spiro atoms. The molecule has 1 saturated heterocycles. The number of methoxy groups -OCH3 is 2. The van der Waals surface area contributed by atoms with Crippen LogP contribution in [0.2, 0.25) is 0 Å². The molecule has 0 radical (unpaired) electrons. The maximum absolute atomic E-state index is 12.7. The minimum atomic E-state index is -3.63. The zero-order valence-corrected chi connectivity index (χ0v) is 13.7. The summed E-state index contributed by atoms with van der Waals surface area (Å²) in [5, 5.41) is 0. The quantitative estimate of drug-likeness (QED) is 0.808. The van der Waals surface area contributed by atoms with Crippen molar-refractivity contribution in [3.8, 4) is 11.5 Å². The van der Waals surface area contributed by atoms with Gasteiger partial charge in [0.15, 0.2) is 0 Å². The molecule has 0 aliphatic carbocycles. The Labute approximate surface area is 126 Å². The van der Waals surface area contributed by atoms with E-state index >= 15 is 0 Å². The average molecular weight is 366 g/mol. The topological polar surface area (TPSA) is 65.1 Å². The van der Waals surface area contributed by atoms with Crippen molar-refractivity contribution >= 4 is 26.0 Å². The highest BCUT2D eigenvalue weighted by molar-refractivity contribution is 9.10. The van der Waals surface area contributed by atoms with Crippen molar-refractivity contribution in [2.45, 2.75) is 4.90 Å². The summed E-state index contributed by atoms with van der Waals surface area (Å²) >= 11 is 3.31. The first-order valence-corrected chi connectivity index (χ1v) is 8.23. The molecule has 1 aliphatic heterocycles. The van der Waals surface area contributed by atoms with Gasteiger partial charge < -0.3 is 14.2 Å². The first-order valence-electron chi connectivity index (χ1n) is 6.00. The number of benzene rings is 1. The van der Waals surface area contributed by atoms with Crippen molar-refractivity contribution < 1.29 is 22.6 Å². The van der Waals surface area contributed by atoms with Gasteiger partial charge >= 0.3 is 0 Å². The molecular formula is C12H16BrNO5S. The SMILES string of the molecule is COc1cc(S(=O)(=O)N2CCOCC2)c(OC)cc1Br. The molecule has 112 valence electrons.